The van der Waals surface area contributed by atoms with Gasteiger partial charge in [0.15, 0.2) is 0 Å². The van der Waals surface area contributed by atoms with E-state index < -0.39 is 11.6 Å². The number of rotatable bonds is 12. The average Bonchev–Trinajstić information content (AvgIpc) is 2.90. The van der Waals surface area contributed by atoms with Gasteiger partial charge in [-0.25, -0.2) is 0 Å². The highest BCUT2D eigenvalue weighted by Gasteiger charge is 2.32. The summed E-state index contributed by atoms with van der Waals surface area (Å²) in [5, 5.41) is 3.94. The van der Waals surface area contributed by atoms with Crippen molar-refractivity contribution in [1.29, 1.82) is 0 Å². The predicted octanol–water partition coefficient (Wildman–Crippen LogP) is 6.72. The summed E-state index contributed by atoms with van der Waals surface area (Å²) in [7, 11) is 1.61. The van der Waals surface area contributed by atoms with Gasteiger partial charge in [-0.15, -0.1) is 0 Å². The zero-order valence-corrected chi connectivity index (χ0v) is 24.4. The second-order valence-corrected chi connectivity index (χ2v) is 11.1. The van der Waals surface area contributed by atoms with E-state index >= 15 is 0 Å². The number of methoxy groups -OCH3 is 1. The summed E-state index contributed by atoms with van der Waals surface area (Å²) in [4.78, 5) is 29.0. The molecule has 0 aromatic heterocycles. The molecule has 3 aromatic rings. The van der Waals surface area contributed by atoms with Crippen LogP contribution in [0, 0.1) is 0 Å². The zero-order chi connectivity index (χ0) is 28.4. The molecule has 8 heteroatoms. The Morgan fingerprint density at radius 1 is 0.897 bits per heavy atom. The van der Waals surface area contributed by atoms with Crippen LogP contribution in [0.3, 0.4) is 0 Å². The number of nitrogens with one attached hydrogen (secondary N) is 1. The first-order chi connectivity index (χ1) is 18.6. The average molecular weight is 572 g/mol. The van der Waals surface area contributed by atoms with Crippen molar-refractivity contribution >= 4 is 35.0 Å². The lowest BCUT2D eigenvalue weighted by atomic mass is 10.00. The minimum atomic E-state index is -0.769. The zero-order valence-electron chi connectivity index (χ0n) is 22.9. The predicted molar refractivity (Wildman–Crippen MR) is 157 cm³/mol. The molecule has 0 saturated carbocycles. The lowest BCUT2D eigenvalue weighted by molar-refractivity contribution is -0.142. The van der Waals surface area contributed by atoms with Gasteiger partial charge in [0, 0.05) is 40.5 Å². The van der Waals surface area contributed by atoms with Crippen LogP contribution in [0.25, 0.3) is 0 Å². The molecule has 0 heterocycles. The van der Waals surface area contributed by atoms with Gasteiger partial charge >= 0.3 is 0 Å². The van der Waals surface area contributed by atoms with E-state index in [0.29, 0.717) is 40.8 Å². The van der Waals surface area contributed by atoms with Gasteiger partial charge in [0.05, 0.1) is 13.7 Å². The highest BCUT2D eigenvalue weighted by Crippen LogP contribution is 2.28. The fourth-order valence-corrected chi connectivity index (χ4v) is 4.61. The Hall–Kier alpha value is -3.22. The summed E-state index contributed by atoms with van der Waals surface area (Å²) in [5.41, 5.74) is 1.07. The third-order valence-corrected chi connectivity index (χ3v) is 6.73. The van der Waals surface area contributed by atoms with Crippen LogP contribution in [0.2, 0.25) is 10.0 Å². The van der Waals surface area contributed by atoms with Crippen molar-refractivity contribution in [2.75, 3.05) is 13.7 Å². The number of benzene rings is 3. The van der Waals surface area contributed by atoms with Crippen LogP contribution in [-0.2, 0) is 22.6 Å². The van der Waals surface area contributed by atoms with E-state index in [1.807, 2.05) is 75.4 Å². The van der Waals surface area contributed by atoms with Gasteiger partial charge in [-0.3, -0.25) is 9.59 Å². The van der Waals surface area contributed by atoms with Crippen molar-refractivity contribution in [3.8, 4) is 11.5 Å². The Kier molecular flexibility index (Phi) is 11.1. The second-order valence-electron chi connectivity index (χ2n) is 10.3. The first-order valence-corrected chi connectivity index (χ1v) is 13.7. The molecule has 0 spiro atoms. The molecule has 39 heavy (non-hydrogen) atoms. The van der Waals surface area contributed by atoms with E-state index in [4.69, 9.17) is 32.7 Å². The maximum Gasteiger partial charge on any atom is 0.243 e. The number of nitrogens with zero attached hydrogens (tertiary/aromatic N) is 1. The molecule has 0 fully saturated rings. The molecular weight excluding hydrogens is 535 g/mol. The van der Waals surface area contributed by atoms with Crippen LogP contribution < -0.4 is 14.8 Å². The number of carbonyl (C=O) groups is 2. The van der Waals surface area contributed by atoms with E-state index in [9.17, 15) is 9.59 Å². The maximum absolute atomic E-state index is 13.8. The van der Waals surface area contributed by atoms with E-state index in [1.54, 1.807) is 30.2 Å². The van der Waals surface area contributed by atoms with Gasteiger partial charge in [0.2, 0.25) is 11.8 Å². The topological polar surface area (TPSA) is 67.9 Å². The summed E-state index contributed by atoms with van der Waals surface area (Å²) in [6.07, 6.45) is 1.00. The first-order valence-electron chi connectivity index (χ1n) is 12.9. The lowest BCUT2D eigenvalue weighted by Gasteiger charge is -2.34. The van der Waals surface area contributed by atoms with Gasteiger partial charge in [0.25, 0.3) is 0 Å². The number of hydrogen-bond donors (Lipinski definition) is 1. The van der Waals surface area contributed by atoms with Gasteiger partial charge in [-0.05, 0) is 69.2 Å². The molecule has 0 aliphatic heterocycles. The minimum Gasteiger partial charge on any atom is -0.497 e. The molecule has 3 aromatic carbocycles. The summed E-state index contributed by atoms with van der Waals surface area (Å²) >= 11 is 13.0. The monoisotopic (exact) mass is 570 g/mol. The highest BCUT2D eigenvalue weighted by atomic mass is 35.5. The Balaban J connectivity index is 1.84. The summed E-state index contributed by atoms with van der Waals surface area (Å²) < 4.78 is 11.0. The molecule has 0 radical (unpaired) electrons. The molecular formula is C31H36Cl2N2O4. The van der Waals surface area contributed by atoms with Crippen molar-refractivity contribution in [1.82, 2.24) is 10.2 Å². The van der Waals surface area contributed by atoms with Gasteiger partial charge < -0.3 is 19.7 Å². The van der Waals surface area contributed by atoms with Crippen molar-refractivity contribution < 1.29 is 19.1 Å². The standard InChI is InChI=1S/C31H36Cl2N2O4/c1-31(2,3)34-30(37)28(20-22-10-6-5-7-11-22)35(21-25-26(32)12-8-13-27(25)33)29(36)14-9-19-39-24-17-15-23(38-4)16-18-24/h5-8,10-13,15-18,28H,9,14,19-21H2,1-4H3,(H,34,37)/t28-/m1/s1. The van der Waals surface area contributed by atoms with Crippen LogP contribution in [0.1, 0.15) is 44.7 Å². The molecule has 6 nitrogen and oxygen atoms in total. The SMILES string of the molecule is COc1ccc(OCCCC(=O)N(Cc2c(Cl)cccc2Cl)[C@H](Cc2ccccc2)C(=O)NC(C)(C)C)cc1. The number of amides is 2. The number of halogens is 2. The molecule has 1 N–H and O–H groups in total. The highest BCUT2D eigenvalue weighted by molar-refractivity contribution is 6.36. The summed E-state index contributed by atoms with van der Waals surface area (Å²) in [6, 6.07) is 21.4. The van der Waals surface area contributed by atoms with Crippen LogP contribution >= 0.6 is 23.2 Å². The molecule has 3 rings (SSSR count). The smallest absolute Gasteiger partial charge is 0.243 e. The van der Waals surface area contributed by atoms with Crippen molar-refractivity contribution in [3.05, 3.63) is 94.0 Å². The normalized spacial score (nSPS) is 11.9. The van der Waals surface area contributed by atoms with E-state index in [-0.39, 0.29) is 24.8 Å². The Bertz CT molecular complexity index is 1210. The quantitative estimate of drug-likeness (QED) is 0.245. The molecule has 0 unspecified atom stereocenters. The number of carbonyl (C=O) groups excluding carboxylic acids is 2. The lowest BCUT2D eigenvalue weighted by Crippen LogP contribution is -2.54. The summed E-state index contributed by atoms with van der Waals surface area (Å²) in [6.45, 7) is 6.19. The van der Waals surface area contributed by atoms with Crippen molar-refractivity contribution in [2.24, 2.45) is 0 Å². The van der Waals surface area contributed by atoms with Crippen molar-refractivity contribution in [3.63, 3.8) is 0 Å². The molecule has 0 aliphatic carbocycles. The minimum absolute atomic E-state index is 0.103. The Morgan fingerprint density at radius 2 is 1.51 bits per heavy atom. The molecule has 1 atom stereocenters. The van der Waals surface area contributed by atoms with Crippen LogP contribution in [-0.4, -0.2) is 42.0 Å². The third-order valence-electron chi connectivity index (χ3n) is 6.02. The number of ether oxygens (including phenoxy) is 2. The molecule has 0 aliphatic rings. The maximum atomic E-state index is 13.8. The van der Waals surface area contributed by atoms with Crippen LogP contribution in [0.5, 0.6) is 11.5 Å². The Labute approximate surface area is 241 Å². The molecule has 208 valence electrons. The van der Waals surface area contributed by atoms with Gasteiger partial charge in [-0.1, -0.05) is 59.6 Å². The number of hydrogen-bond acceptors (Lipinski definition) is 4. The second kappa shape index (κ2) is 14.2. The molecule has 0 bridgehead atoms. The van der Waals surface area contributed by atoms with Gasteiger partial charge in [0.1, 0.15) is 17.5 Å². The Morgan fingerprint density at radius 3 is 2.10 bits per heavy atom. The van der Waals surface area contributed by atoms with E-state index in [2.05, 4.69) is 5.32 Å². The van der Waals surface area contributed by atoms with E-state index in [0.717, 1.165) is 11.3 Å². The van der Waals surface area contributed by atoms with Crippen LogP contribution in [0.15, 0.2) is 72.8 Å². The molecule has 2 amide bonds. The molecule has 0 saturated heterocycles. The first kappa shape index (κ1) is 30.3. The fraction of sp³-hybridized carbons (Fsp3) is 0.355. The van der Waals surface area contributed by atoms with Gasteiger partial charge in [-0.2, -0.15) is 0 Å². The van der Waals surface area contributed by atoms with Crippen LogP contribution in [0.4, 0.5) is 0 Å². The largest absolute Gasteiger partial charge is 0.497 e. The third kappa shape index (κ3) is 9.48. The summed E-state index contributed by atoms with van der Waals surface area (Å²) in [5.74, 6) is 1.01. The van der Waals surface area contributed by atoms with Crippen molar-refractivity contribution in [2.45, 2.75) is 58.2 Å². The fourth-order valence-electron chi connectivity index (χ4n) is 4.09. The van der Waals surface area contributed by atoms with E-state index in [1.165, 1.54) is 0 Å².